The van der Waals surface area contributed by atoms with Crippen LogP contribution in [0.3, 0.4) is 0 Å². The van der Waals surface area contributed by atoms with Crippen molar-refractivity contribution in [2.24, 2.45) is 4.99 Å². The molecule has 0 saturated carbocycles. The number of carbonyl (C=O) groups is 1. The lowest BCUT2D eigenvalue weighted by Crippen LogP contribution is -2.42. The van der Waals surface area contributed by atoms with Gasteiger partial charge < -0.3 is 15.5 Å². The third-order valence-electron chi connectivity index (χ3n) is 3.42. The van der Waals surface area contributed by atoms with Crippen LogP contribution in [0.25, 0.3) is 0 Å². The quantitative estimate of drug-likeness (QED) is 0.301. The van der Waals surface area contributed by atoms with E-state index in [4.69, 9.17) is 0 Å². The molecule has 122 valence electrons. The molecule has 1 amide bonds. The summed E-state index contributed by atoms with van der Waals surface area (Å²) in [6.07, 6.45) is 2.45. The molecule has 0 spiro atoms. The standard InChI is InChI=1S/C15H21BrN4O.HI/c1-17-15(20-10-2-3-11-20)19-9-8-18-14(21)12-4-6-13(16)7-5-12;/h4-7H,2-3,8-11H2,1H3,(H,17,19)(H,18,21);1H. The van der Waals surface area contributed by atoms with E-state index in [9.17, 15) is 4.79 Å². The first-order valence-electron chi connectivity index (χ1n) is 7.20. The SMILES string of the molecule is CN=C(NCCNC(=O)c1ccc(Br)cc1)N1CCCC1.I. The van der Waals surface area contributed by atoms with Crippen LogP contribution in [0.4, 0.5) is 0 Å². The van der Waals surface area contributed by atoms with Gasteiger partial charge in [-0.25, -0.2) is 0 Å². The number of amides is 1. The molecule has 2 N–H and O–H groups in total. The zero-order chi connectivity index (χ0) is 15.1. The van der Waals surface area contributed by atoms with Gasteiger partial charge in [-0.15, -0.1) is 24.0 Å². The van der Waals surface area contributed by atoms with Crippen molar-refractivity contribution in [2.75, 3.05) is 33.2 Å². The van der Waals surface area contributed by atoms with Gasteiger partial charge >= 0.3 is 0 Å². The third kappa shape index (κ3) is 5.75. The van der Waals surface area contributed by atoms with Crippen LogP contribution in [0.2, 0.25) is 0 Å². The lowest BCUT2D eigenvalue weighted by atomic mass is 10.2. The highest BCUT2D eigenvalue weighted by Gasteiger charge is 2.15. The van der Waals surface area contributed by atoms with E-state index in [1.165, 1.54) is 12.8 Å². The fourth-order valence-electron chi connectivity index (χ4n) is 2.31. The number of aliphatic imine (C=N–C) groups is 1. The van der Waals surface area contributed by atoms with Gasteiger partial charge in [0.15, 0.2) is 5.96 Å². The van der Waals surface area contributed by atoms with Crippen LogP contribution in [-0.2, 0) is 0 Å². The van der Waals surface area contributed by atoms with Gasteiger partial charge in [0.05, 0.1) is 0 Å². The van der Waals surface area contributed by atoms with E-state index >= 15 is 0 Å². The van der Waals surface area contributed by atoms with Crippen molar-refractivity contribution in [2.45, 2.75) is 12.8 Å². The molecule has 2 rings (SSSR count). The number of hydrogen-bond donors (Lipinski definition) is 2. The summed E-state index contributed by atoms with van der Waals surface area (Å²) in [7, 11) is 1.79. The molecule has 1 heterocycles. The minimum Gasteiger partial charge on any atom is -0.354 e. The van der Waals surface area contributed by atoms with Gasteiger partial charge in [-0.05, 0) is 37.1 Å². The van der Waals surface area contributed by atoms with Crippen LogP contribution < -0.4 is 10.6 Å². The Labute approximate surface area is 157 Å². The Hall–Kier alpha value is -0.830. The molecule has 22 heavy (non-hydrogen) atoms. The van der Waals surface area contributed by atoms with Gasteiger partial charge in [0.1, 0.15) is 0 Å². The fourth-order valence-corrected chi connectivity index (χ4v) is 2.58. The lowest BCUT2D eigenvalue weighted by Gasteiger charge is -2.20. The van der Waals surface area contributed by atoms with Crippen LogP contribution >= 0.6 is 39.9 Å². The Morgan fingerprint density at radius 1 is 1.18 bits per heavy atom. The topological polar surface area (TPSA) is 56.7 Å². The molecule has 0 unspecified atom stereocenters. The predicted octanol–water partition coefficient (Wildman–Crippen LogP) is 2.47. The number of halogens is 2. The van der Waals surface area contributed by atoms with E-state index < -0.39 is 0 Å². The van der Waals surface area contributed by atoms with Crippen molar-refractivity contribution in [1.82, 2.24) is 15.5 Å². The number of carbonyl (C=O) groups excluding carboxylic acids is 1. The first-order chi connectivity index (χ1) is 10.2. The number of rotatable bonds is 4. The Balaban J connectivity index is 0.00000242. The number of likely N-dealkylation sites (tertiary alicyclic amines) is 1. The summed E-state index contributed by atoms with van der Waals surface area (Å²) in [5.41, 5.74) is 0.669. The van der Waals surface area contributed by atoms with Crippen molar-refractivity contribution in [1.29, 1.82) is 0 Å². The molecular formula is C15H22BrIN4O. The first-order valence-corrected chi connectivity index (χ1v) is 7.99. The highest BCUT2D eigenvalue weighted by atomic mass is 127. The summed E-state index contributed by atoms with van der Waals surface area (Å²) in [5, 5.41) is 6.18. The fraction of sp³-hybridized carbons (Fsp3) is 0.467. The van der Waals surface area contributed by atoms with Gasteiger partial charge in [-0.2, -0.15) is 0 Å². The van der Waals surface area contributed by atoms with Gasteiger partial charge in [0.2, 0.25) is 0 Å². The Morgan fingerprint density at radius 2 is 1.77 bits per heavy atom. The van der Waals surface area contributed by atoms with Crippen LogP contribution in [-0.4, -0.2) is 50.0 Å². The van der Waals surface area contributed by atoms with Crippen molar-refractivity contribution >= 4 is 51.8 Å². The van der Waals surface area contributed by atoms with Crippen LogP contribution in [0.15, 0.2) is 33.7 Å². The summed E-state index contributed by atoms with van der Waals surface area (Å²) < 4.78 is 0.968. The van der Waals surface area contributed by atoms with E-state index in [0.29, 0.717) is 18.7 Å². The smallest absolute Gasteiger partial charge is 0.251 e. The second-order valence-electron chi connectivity index (χ2n) is 4.93. The molecule has 1 aliphatic rings. The molecule has 7 heteroatoms. The highest BCUT2D eigenvalue weighted by Crippen LogP contribution is 2.10. The molecule has 5 nitrogen and oxygen atoms in total. The van der Waals surface area contributed by atoms with Gasteiger partial charge in [0.25, 0.3) is 5.91 Å². The minimum atomic E-state index is -0.0551. The Morgan fingerprint density at radius 3 is 2.36 bits per heavy atom. The molecule has 1 fully saturated rings. The Bertz CT molecular complexity index is 501. The van der Waals surface area contributed by atoms with E-state index in [0.717, 1.165) is 23.5 Å². The van der Waals surface area contributed by atoms with E-state index in [1.807, 2.05) is 12.1 Å². The van der Waals surface area contributed by atoms with E-state index in [1.54, 1.807) is 19.2 Å². The molecule has 0 atom stereocenters. The average molecular weight is 481 g/mol. The zero-order valence-electron chi connectivity index (χ0n) is 12.6. The molecule has 0 aromatic heterocycles. The van der Waals surface area contributed by atoms with Crippen molar-refractivity contribution < 1.29 is 4.79 Å². The second kappa shape index (κ2) is 10.0. The summed E-state index contributed by atoms with van der Waals surface area (Å²) in [4.78, 5) is 18.4. The largest absolute Gasteiger partial charge is 0.354 e. The Kier molecular flexibility index (Phi) is 8.77. The summed E-state index contributed by atoms with van der Waals surface area (Å²) in [5.74, 6) is 0.867. The number of benzene rings is 1. The number of hydrogen-bond acceptors (Lipinski definition) is 2. The monoisotopic (exact) mass is 480 g/mol. The highest BCUT2D eigenvalue weighted by molar-refractivity contribution is 14.0. The molecule has 0 bridgehead atoms. The van der Waals surface area contributed by atoms with Crippen LogP contribution in [0.5, 0.6) is 0 Å². The first kappa shape index (κ1) is 19.2. The maximum atomic E-state index is 11.9. The molecular weight excluding hydrogens is 459 g/mol. The minimum absolute atomic E-state index is 0. The number of nitrogens with one attached hydrogen (secondary N) is 2. The van der Waals surface area contributed by atoms with Gasteiger partial charge in [-0.3, -0.25) is 9.79 Å². The third-order valence-corrected chi connectivity index (χ3v) is 3.95. The van der Waals surface area contributed by atoms with Crippen molar-refractivity contribution in [3.05, 3.63) is 34.3 Å². The average Bonchev–Trinajstić information content (AvgIpc) is 3.02. The van der Waals surface area contributed by atoms with E-state index in [-0.39, 0.29) is 29.9 Å². The van der Waals surface area contributed by atoms with Crippen LogP contribution in [0.1, 0.15) is 23.2 Å². The predicted molar refractivity (Wildman–Crippen MR) is 104 cm³/mol. The number of guanidine groups is 1. The van der Waals surface area contributed by atoms with Crippen molar-refractivity contribution in [3.63, 3.8) is 0 Å². The summed E-state index contributed by atoms with van der Waals surface area (Å²) in [6.45, 7) is 3.36. The summed E-state index contributed by atoms with van der Waals surface area (Å²) in [6, 6.07) is 7.33. The zero-order valence-corrected chi connectivity index (χ0v) is 16.6. The molecule has 1 aromatic rings. The van der Waals surface area contributed by atoms with Gasteiger partial charge in [-0.1, -0.05) is 15.9 Å². The molecule has 0 aliphatic carbocycles. The lowest BCUT2D eigenvalue weighted by molar-refractivity contribution is 0.0954. The number of nitrogens with zero attached hydrogens (tertiary/aromatic N) is 2. The maximum absolute atomic E-state index is 11.9. The molecule has 1 saturated heterocycles. The van der Waals surface area contributed by atoms with Gasteiger partial charge in [0, 0.05) is 43.3 Å². The molecule has 1 aromatic carbocycles. The van der Waals surface area contributed by atoms with E-state index in [2.05, 4.69) is 36.5 Å². The van der Waals surface area contributed by atoms with Crippen LogP contribution in [0, 0.1) is 0 Å². The van der Waals surface area contributed by atoms with Crippen molar-refractivity contribution in [3.8, 4) is 0 Å². The molecule has 1 aliphatic heterocycles. The maximum Gasteiger partial charge on any atom is 0.251 e. The summed E-state index contributed by atoms with van der Waals surface area (Å²) >= 11 is 3.35. The second-order valence-corrected chi connectivity index (χ2v) is 5.85. The normalized spacial score (nSPS) is 14.5. The molecule has 0 radical (unpaired) electrons.